The van der Waals surface area contributed by atoms with Crippen LogP contribution in [0.2, 0.25) is 0 Å². The van der Waals surface area contributed by atoms with E-state index in [-0.39, 0.29) is 11.8 Å². The van der Waals surface area contributed by atoms with Gasteiger partial charge >= 0.3 is 0 Å². The zero-order chi connectivity index (χ0) is 15.8. The molecule has 0 aliphatic rings. The summed E-state index contributed by atoms with van der Waals surface area (Å²) in [5.41, 5.74) is 1.76. The van der Waals surface area contributed by atoms with Crippen LogP contribution in [-0.2, 0) is 16.1 Å². The lowest BCUT2D eigenvalue weighted by Crippen LogP contribution is -2.50. The molecule has 0 aliphatic carbocycles. The Morgan fingerprint density at radius 1 is 0.955 bits per heavy atom. The van der Waals surface area contributed by atoms with Gasteiger partial charge in [0.25, 0.3) is 5.91 Å². The summed E-state index contributed by atoms with van der Waals surface area (Å²) in [5, 5.41) is 8.41. The van der Waals surface area contributed by atoms with E-state index in [0.717, 1.165) is 11.3 Å². The summed E-state index contributed by atoms with van der Waals surface area (Å²) >= 11 is 0. The van der Waals surface area contributed by atoms with Gasteiger partial charge in [-0.1, -0.05) is 48.5 Å². The van der Waals surface area contributed by atoms with Gasteiger partial charge in [0.1, 0.15) is 0 Å². The van der Waals surface area contributed by atoms with Crippen LogP contribution in [0.3, 0.4) is 0 Å². The van der Waals surface area contributed by atoms with Crippen molar-refractivity contribution in [3.05, 3.63) is 66.2 Å². The summed E-state index contributed by atoms with van der Waals surface area (Å²) in [6, 6.07) is 18.9. The second-order valence-corrected chi connectivity index (χ2v) is 4.85. The maximum absolute atomic E-state index is 12.3. The van der Waals surface area contributed by atoms with Crippen LogP contribution in [0, 0.1) is 0 Å². The highest BCUT2D eigenvalue weighted by Gasteiger charge is 2.18. The predicted molar refractivity (Wildman–Crippen MR) is 86.0 cm³/mol. The Morgan fingerprint density at radius 3 is 2.14 bits per heavy atom. The number of anilines is 1. The number of benzene rings is 2. The van der Waals surface area contributed by atoms with Gasteiger partial charge in [0, 0.05) is 19.2 Å². The number of carbonyl (C=O) groups excluding carboxylic acids is 2. The molecule has 22 heavy (non-hydrogen) atoms. The molecule has 1 unspecified atom stereocenters. The van der Waals surface area contributed by atoms with Crippen LogP contribution in [0.1, 0.15) is 12.5 Å². The Bertz CT molecular complexity index is 614. The summed E-state index contributed by atoms with van der Waals surface area (Å²) in [6.07, 6.45) is -0.816. The highest BCUT2D eigenvalue weighted by atomic mass is 16.2. The van der Waals surface area contributed by atoms with Gasteiger partial charge in [0.2, 0.25) is 5.91 Å². The monoisotopic (exact) mass is 297 g/mol. The number of rotatable bonds is 6. The summed E-state index contributed by atoms with van der Waals surface area (Å²) < 4.78 is 0. The molecule has 114 valence electrons. The number of amides is 2. The first-order chi connectivity index (χ1) is 10.6. The van der Waals surface area contributed by atoms with E-state index < -0.39 is 6.17 Å². The zero-order valence-corrected chi connectivity index (χ0v) is 12.4. The van der Waals surface area contributed by atoms with Gasteiger partial charge in [0.05, 0.1) is 0 Å². The van der Waals surface area contributed by atoms with Gasteiger partial charge in [-0.05, 0) is 17.7 Å². The smallest absolute Gasteiger partial charge is 0.263 e. The summed E-state index contributed by atoms with van der Waals surface area (Å²) in [5.74, 6) is -0.564. The van der Waals surface area contributed by atoms with Gasteiger partial charge in [-0.2, -0.15) is 0 Å². The Balaban J connectivity index is 1.98. The van der Waals surface area contributed by atoms with E-state index in [4.69, 9.17) is 0 Å². The third-order valence-corrected chi connectivity index (χ3v) is 3.00. The molecule has 2 amide bonds. The zero-order valence-electron chi connectivity index (χ0n) is 12.4. The first-order valence-electron chi connectivity index (χ1n) is 7.05. The fourth-order valence-electron chi connectivity index (χ4n) is 1.96. The molecule has 0 saturated heterocycles. The highest BCUT2D eigenvalue weighted by molar-refractivity contribution is 5.88. The summed E-state index contributed by atoms with van der Waals surface area (Å²) in [7, 11) is 0. The van der Waals surface area contributed by atoms with Crippen molar-refractivity contribution in [3.63, 3.8) is 0 Å². The molecule has 5 nitrogen and oxygen atoms in total. The minimum absolute atomic E-state index is 0.275. The van der Waals surface area contributed by atoms with Gasteiger partial charge < -0.3 is 16.0 Å². The molecule has 0 fully saturated rings. The Kier molecular flexibility index (Phi) is 5.54. The molecule has 5 heteroatoms. The van der Waals surface area contributed by atoms with Gasteiger partial charge in [-0.25, -0.2) is 0 Å². The summed E-state index contributed by atoms with van der Waals surface area (Å²) in [6.45, 7) is 1.79. The van der Waals surface area contributed by atoms with Gasteiger partial charge in [-0.3, -0.25) is 9.59 Å². The average molecular weight is 297 g/mol. The van der Waals surface area contributed by atoms with Crippen LogP contribution in [0.4, 0.5) is 5.69 Å². The molecule has 0 heterocycles. The van der Waals surface area contributed by atoms with Crippen LogP contribution in [0.15, 0.2) is 60.7 Å². The summed E-state index contributed by atoms with van der Waals surface area (Å²) in [4.78, 5) is 23.6. The largest absolute Gasteiger partial charge is 0.358 e. The van der Waals surface area contributed by atoms with E-state index in [1.165, 1.54) is 6.92 Å². The van der Waals surface area contributed by atoms with Crippen molar-refractivity contribution in [1.82, 2.24) is 10.6 Å². The maximum atomic E-state index is 12.3. The van der Waals surface area contributed by atoms with Crippen LogP contribution in [0.5, 0.6) is 0 Å². The average Bonchev–Trinajstić information content (AvgIpc) is 2.53. The van der Waals surface area contributed by atoms with Crippen molar-refractivity contribution < 1.29 is 9.59 Å². The fraction of sp³-hybridized carbons (Fsp3) is 0.176. The Morgan fingerprint density at radius 2 is 1.55 bits per heavy atom. The lowest BCUT2D eigenvalue weighted by Gasteiger charge is -2.20. The SMILES string of the molecule is CC(=O)NC(Nc1ccccc1)C(=O)NCc1ccccc1. The molecular formula is C17H19N3O2. The highest BCUT2D eigenvalue weighted by Crippen LogP contribution is 2.06. The van der Waals surface area contributed by atoms with E-state index in [0.29, 0.717) is 6.54 Å². The normalized spacial score (nSPS) is 11.3. The molecule has 0 spiro atoms. The van der Waals surface area contributed by atoms with Crippen molar-refractivity contribution >= 4 is 17.5 Å². The molecule has 0 aliphatic heterocycles. The molecule has 0 saturated carbocycles. The quantitative estimate of drug-likeness (QED) is 0.713. The molecule has 0 bridgehead atoms. The molecule has 3 N–H and O–H groups in total. The number of hydrogen-bond acceptors (Lipinski definition) is 3. The van der Waals surface area contributed by atoms with Crippen LogP contribution < -0.4 is 16.0 Å². The van der Waals surface area contributed by atoms with Crippen LogP contribution in [-0.4, -0.2) is 18.0 Å². The lowest BCUT2D eigenvalue weighted by molar-refractivity contribution is -0.127. The van der Waals surface area contributed by atoms with Crippen molar-refractivity contribution in [3.8, 4) is 0 Å². The first-order valence-corrected chi connectivity index (χ1v) is 7.05. The van der Waals surface area contributed by atoms with Crippen LogP contribution in [0.25, 0.3) is 0 Å². The topological polar surface area (TPSA) is 70.2 Å². The van der Waals surface area contributed by atoms with Crippen molar-refractivity contribution in [2.75, 3.05) is 5.32 Å². The van der Waals surface area contributed by atoms with Crippen molar-refractivity contribution in [1.29, 1.82) is 0 Å². The predicted octanol–water partition coefficient (Wildman–Crippen LogP) is 1.88. The van der Waals surface area contributed by atoms with E-state index in [1.54, 1.807) is 0 Å². The molecule has 2 aromatic rings. The number of hydrogen-bond donors (Lipinski definition) is 3. The molecule has 0 radical (unpaired) electrons. The van der Waals surface area contributed by atoms with E-state index in [9.17, 15) is 9.59 Å². The number of nitrogens with one attached hydrogen (secondary N) is 3. The standard InChI is InChI=1S/C17H19N3O2/c1-13(21)19-16(20-15-10-6-3-7-11-15)17(22)18-12-14-8-4-2-5-9-14/h2-11,16,20H,12H2,1H3,(H,18,22)(H,19,21). The van der Waals surface area contributed by atoms with Crippen molar-refractivity contribution in [2.45, 2.75) is 19.6 Å². The van der Waals surface area contributed by atoms with Gasteiger partial charge in [0.15, 0.2) is 6.17 Å². The molecule has 0 aromatic heterocycles. The fourth-order valence-corrected chi connectivity index (χ4v) is 1.96. The number of para-hydroxylation sites is 1. The van der Waals surface area contributed by atoms with E-state index >= 15 is 0 Å². The third kappa shape index (κ3) is 4.94. The van der Waals surface area contributed by atoms with E-state index in [1.807, 2.05) is 60.7 Å². The van der Waals surface area contributed by atoms with Crippen LogP contribution >= 0.6 is 0 Å². The third-order valence-electron chi connectivity index (χ3n) is 3.00. The van der Waals surface area contributed by atoms with E-state index in [2.05, 4.69) is 16.0 Å². The molecule has 2 aromatic carbocycles. The number of carbonyl (C=O) groups is 2. The Labute approximate surface area is 129 Å². The molecule has 2 rings (SSSR count). The lowest BCUT2D eigenvalue weighted by atomic mass is 10.2. The van der Waals surface area contributed by atoms with Gasteiger partial charge in [-0.15, -0.1) is 0 Å². The minimum Gasteiger partial charge on any atom is -0.358 e. The molecule has 1 atom stereocenters. The first kappa shape index (κ1) is 15.6. The molecular weight excluding hydrogens is 278 g/mol. The minimum atomic E-state index is -0.816. The van der Waals surface area contributed by atoms with Crippen molar-refractivity contribution in [2.24, 2.45) is 0 Å². The maximum Gasteiger partial charge on any atom is 0.263 e. The Hall–Kier alpha value is -2.82. The second kappa shape index (κ2) is 7.83. The second-order valence-electron chi connectivity index (χ2n) is 4.85.